The Kier molecular flexibility index (Phi) is 5.73. The minimum Gasteiger partial charge on any atom is -0.318 e. The number of nitrogens with one attached hydrogen (secondary N) is 2. The molecule has 0 radical (unpaired) electrons. The Morgan fingerprint density at radius 3 is 2.57 bits per heavy atom. The topological polar surface area (TPSA) is 70.6 Å². The van der Waals surface area contributed by atoms with E-state index in [1.807, 2.05) is 13.0 Å². The first kappa shape index (κ1) is 17.0. The van der Waals surface area contributed by atoms with Gasteiger partial charge in [-0.1, -0.05) is 47.5 Å². The van der Waals surface area contributed by atoms with Crippen molar-refractivity contribution in [3.05, 3.63) is 63.6 Å². The summed E-state index contributed by atoms with van der Waals surface area (Å²) in [6.45, 7) is 1.88. The largest absolute Gasteiger partial charge is 0.329 e. The van der Waals surface area contributed by atoms with Crippen LogP contribution in [0.1, 0.15) is 11.1 Å². The lowest BCUT2D eigenvalue weighted by atomic mass is 10.2. The van der Waals surface area contributed by atoms with Crippen LogP contribution >= 0.6 is 23.2 Å². The van der Waals surface area contributed by atoms with Gasteiger partial charge in [-0.25, -0.2) is 5.43 Å². The highest BCUT2D eigenvalue weighted by molar-refractivity contribution is 6.43. The zero-order chi connectivity index (χ0) is 16.8. The molecule has 2 rings (SSSR count). The van der Waals surface area contributed by atoms with Gasteiger partial charge in [-0.05, 0) is 30.7 Å². The van der Waals surface area contributed by atoms with Crippen molar-refractivity contribution in [2.75, 3.05) is 5.32 Å². The van der Waals surface area contributed by atoms with E-state index in [0.29, 0.717) is 21.3 Å². The molecule has 0 atom stereocenters. The van der Waals surface area contributed by atoms with Crippen LogP contribution in [0, 0.1) is 6.92 Å². The van der Waals surface area contributed by atoms with Crippen molar-refractivity contribution < 1.29 is 9.59 Å². The number of rotatable bonds is 3. The van der Waals surface area contributed by atoms with Gasteiger partial charge in [0.2, 0.25) is 0 Å². The molecule has 7 heteroatoms. The third-order valence-electron chi connectivity index (χ3n) is 2.83. The summed E-state index contributed by atoms with van der Waals surface area (Å²) in [5, 5.41) is 6.87. The molecule has 0 unspecified atom stereocenters. The molecule has 0 aliphatic carbocycles. The number of aryl methyl sites for hydroxylation is 1. The summed E-state index contributed by atoms with van der Waals surface area (Å²) >= 11 is 11.8. The number of hydrogen-bond acceptors (Lipinski definition) is 3. The zero-order valence-electron chi connectivity index (χ0n) is 12.1. The second kappa shape index (κ2) is 7.76. The summed E-state index contributed by atoms with van der Waals surface area (Å²) in [6, 6.07) is 12.1. The number of nitrogens with zero attached hydrogens (tertiary/aromatic N) is 1. The van der Waals surface area contributed by atoms with Crippen LogP contribution in [0.15, 0.2) is 47.6 Å². The van der Waals surface area contributed by atoms with Gasteiger partial charge in [-0.15, -0.1) is 0 Å². The van der Waals surface area contributed by atoms with Crippen LogP contribution in [0.5, 0.6) is 0 Å². The van der Waals surface area contributed by atoms with E-state index in [9.17, 15) is 9.59 Å². The quantitative estimate of drug-likeness (QED) is 0.506. The van der Waals surface area contributed by atoms with Crippen LogP contribution in [0.3, 0.4) is 0 Å². The molecule has 0 aromatic heterocycles. The average molecular weight is 350 g/mol. The van der Waals surface area contributed by atoms with Crippen LogP contribution in [0.4, 0.5) is 5.69 Å². The van der Waals surface area contributed by atoms with Crippen LogP contribution in [0.25, 0.3) is 0 Å². The molecule has 0 aliphatic heterocycles. The third kappa shape index (κ3) is 4.81. The molecule has 0 saturated heterocycles. The van der Waals surface area contributed by atoms with Gasteiger partial charge in [0, 0.05) is 11.3 Å². The predicted molar refractivity (Wildman–Crippen MR) is 92.0 cm³/mol. The van der Waals surface area contributed by atoms with Crippen molar-refractivity contribution in [3.8, 4) is 0 Å². The number of anilines is 1. The fourth-order valence-electron chi connectivity index (χ4n) is 1.74. The molecule has 0 aliphatic rings. The third-order valence-corrected chi connectivity index (χ3v) is 3.67. The molecule has 23 heavy (non-hydrogen) atoms. The normalized spacial score (nSPS) is 10.6. The van der Waals surface area contributed by atoms with E-state index in [-0.39, 0.29) is 0 Å². The number of carbonyl (C=O) groups is 2. The summed E-state index contributed by atoms with van der Waals surface area (Å²) in [5.74, 6) is -1.70. The van der Waals surface area contributed by atoms with E-state index in [4.69, 9.17) is 23.2 Å². The molecule has 5 nitrogen and oxygen atoms in total. The number of amides is 2. The van der Waals surface area contributed by atoms with E-state index < -0.39 is 11.8 Å². The van der Waals surface area contributed by atoms with E-state index in [2.05, 4.69) is 15.8 Å². The summed E-state index contributed by atoms with van der Waals surface area (Å²) in [4.78, 5) is 23.4. The maximum absolute atomic E-state index is 11.7. The Morgan fingerprint density at radius 2 is 1.83 bits per heavy atom. The standard InChI is InChI=1S/C16H13Cl2N3O2/c1-10-4-2-6-12(8-10)20-15(22)16(23)21-19-9-11-5-3-7-13(17)14(11)18/h2-9H,1H3,(H,20,22)(H,21,23)/b19-9+. The Labute approximate surface area is 143 Å². The Hall–Kier alpha value is -2.37. The molecular weight excluding hydrogens is 337 g/mol. The van der Waals surface area contributed by atoms with Crippen molar-refractivity contribution in [3.63, 3.8) is 0 Å². The lowest BCUT2D eigenvalue weighted by Crippen LogP contribution is -2.32. The molecule has 0 spiro atoms. The fourth-order valence-corrected chi connectivity index (χ4v) is 2.10. The van der Waals surface area contributed by atoms with E-state index in [1.54, 1.807) is 36.4 Å². The molecule has 2 aromatic carbocycles. The van der Waals surface area contributed by atoms with Crippen LogP contribution in [0.2, 0.25) is 10.0 Å². The lowest BCUT2D eigenvalue weighted by molar-refractivity contribution is -0.136. The molecular formula is C16H13Cl2N3O2. The fraction of sp³-hybridized carbons (Fsp3) is 0.0625. The van der Waals surface area contributed by atoms with Crippen molar-refractivity contribution in [2.24, 2.45) is 5.10 Å². The van der Waals surface area contributed by atoms with Crippen LogP contribution < -0.4 is 10.7 Å². The summed E-state index contributed by atoms with van der Waals surface area (Å²) in [7, 11) is 0. The Morgan fingerprint density at radius 1 is 1.09 bits per heavy atom. The predicted octanol–water partition coefficient (Wildman–Crippen LogP) is 3.39. The maximum atomic E-state index is 11.7. The molecule has 0 heterocycles. The van der Waals surface area contributed by atoms with Gasteiger partial charge in [0.05, 0.1) is 16.3 Å². The first-order valence-corrected chi connectivity index (χ1v) is 7.38. The van der Waals surface area contributed by atoms with Crippen molar-refractivity contribution in [1.82, 2.24) is 5.43 Å². The minimum atomic E-state index is -0.888. The highest BCUT2D eigenvalue weighted by atomic mass is 35.5. The molecule has 2 aromatic rings. The second-order valence-corrected chi connectivity index (χ2v) is 5.45. The lowest BCUT2D eigenvalue weighted by Gasteiger charge is -2.04. The Bertz CT molecular complexity index is 776. The smallest absolute Gasteiger partial charge is 0.318 e. The monoisotopic (exact) mass is 349 g/mol. The van der Waals surface area contributed by atoms with Gasteiger partial charge >= 0.3 is 11.8 Å². The van der Waals surface area contributed by atoms with Crippen molar-refractivity contribution in [2.45, 2.75) is 6.92 Å². The van der Waals surface area contributed by atoms with Gasteiger partial charge in [0.15, 0.2) is 0 Å². The Balaban J connectivity index is 1.95. The van der Waals surface area contributed by atoms with Gasteiger partial charge in [0.25, 0.3) is 0 Å². The minimum absolute atomic E-state index is 0.316. The molecule has 0 saturated carbocycles. The van der Waals surface area contributed by atoms with Gasteiger partial charge in [-0.2, -0.15) is 5.10 Å². The first-order chi connectivity index (χ1) is 11.0. The van der Waals surface area contributed by atoms with E-state index in [1.165, 1.54) is 6.21 Å². The van der Waals surface area contributed by atoms with Crippen molar-refractivity contribution in [1.29, 1.82) is 0 Å². The number of hydrazone groups is 1. The average Bonchev–Trinajstić information content (AvgIpc) is 2.51. The molecule has 2 N–H and O–H groups in total. The number of hydrogen-bond donors (Lipinski definition) is 2. The molecule has 2 amide bonds. The SMILES string of the molecule is Cc1cccc(NC(=O)C(=O)N/N=C/c2cccc(Cl)c2Cl)c1. The highest BCUT2D eigenvalue weighted by Gasteiger charge is 2.12. The zero-order valence-corrected chi connectivity index (χ0v) is 13.7. The van der Waals surface area contributed by atoms with Crippen molar-refractivity contribution >= 4 is 46.9 Å². The molecule has 118 valence electrons. The van der Waals surface area contributed by atoms with Gasteiger partial charge in [0.1, 0.15) is 0 Å². The summed E-state index contributed by atoms with van der Waals surface area (Å²) in [6.07, 6.45) is 1.31. The maximum Gasteiger partial charge on any atom is 0.329 e. The van der Waals surface area contributed by atoms with E-state index >= 15 is 0 Å². The molecule has 0 fully saturated rings. The van der Waals surface area contributed by atoms with Gasteiger partial charge < -0.3 is 5.32 Å². The van der Waals surface area contributed by atoms with Crippen LogP contribution in [-0.2, 0) is 9.59 Å². The number of benzene rings is 2. The summed E-state index contributed by atoms with van der Waals surface area (Å²) < 4.78 is 0. The first-order valence-electron chi connectivity index (χ1n) is 6.62. The highest BCUT2D eigenvalue weighted by Crippen LogP contribution is 2.24. The second-order valence-electron chi connectivity index (χ2n) is 4.67. The van der Waals surface area contributed by atoms with E-state index in [0.717, 1.165) is 5.56 Å². The number of carbonyl (C=O) groups excluding carboxylic acids is 2. The summed E-state index contributed by atoms with van der Waals surface area (Å²) in [5.41, 5.74) is 4.16. The number of halogens is 2. The molecule has 0 bridgehead atoms. The van der Waals surface area contributed by atoms with Gasteiger partial charge in [-0.3, -0.25) is 9.59 Å². The van der Waals surface area contributed by atoms with Crippen LogP contribution in [-0.4, -0.2) is 18.0 Å².